The smallest absolute Gasteiger partial charge is 0.228 e. The third-order valence-electron chi connectivity index (χ3n) is 3.59. The molecule has 0 unspecified atom stereocenters. The van der Waals surface area contributed by atoms with Crippen LogP contribution in [0.1, 0.15) is 33.1 Å². The number of aromatic amines is 1. The topological polar surface area (TPSA) is 93.0 Å². The molecule has 3 N–H and O–H groups in total. The number of hydrogen-bond donors (Lipinski definition) is 2. The quantitative estimate of drug-likeness (QED) is 0.899. The fourth-order valence-corrected chi connectivity index (χ4v) is 2.60. The van der Waals surface area contributed by atoms with Crippen molar-refractivity contribution in [3.8, 4) is 17.3 Å². The Kier molecular flexibility index (Phi) is 4.13. The van der Waals surface area contributed by atoms with Crippen molar-refractivity contribution in [2.24, 2.45) is 0 Å². The molecule has 0 aliphatic carbocycles. The Hall–Kier alpha value is -2.31. The van der Waals surface area contributed by atoms with E-state index in [1.54, 1.807) is 12.4 Å². The number of piperidine rings is 1. The van der Waals surface area contributed by atoms with Crippen molar-refractivity contribution >= 4 is 11.8 Å². The minimum Gasteiger partial charge on any atom is -0.485 e. The highest BCUT2D eigenvalue weighted by molar-refractivity contribution is 5.69. The van der Waals surface area contributed by atoms with E-state index in [2.05, 4.69) is 24.8 Å². The van der Waals surface area contributed by atoms with Gasteiger partial charge in [0.05, 0.1) is 6.10 Å². The number of H-pyrrole nitrogens is 1. The van der Waals surface area contributed by atoms with E-state index in [1.165, 1.54) is 6.42 Å². The third kappa shape index (κ3) is 2.98. The van der Waals surface area contributed by atoms with Gasteiger partial charge in [0, 0.05) is 25.5 Å². The van der Waals surface area contributed by atoms with Crippen LogP contribution >= 0.6 is 0 Å². The SMILES string of the molecule is CC(C)Oc1c(N)nc(N2CCCCC2)nc1-c1ncc[nH]1. The number of imidazole rings is 1. The Morgan fingerprint density at radius 3 is 2.64 bits per heavy atom. The summed E-state index contributed by atoms with van der Waals surface area (Å²) in [6.07, 6.45) is 7.00. The highest BCUT2D eigenvalue weighted by Crippen LogP contribution is 2.33. The molecule has 2 aromatic rings. The first-order valence-electron chi connectivity index (χ1n) is 7.74. The highest BCUT2D eigenvalue weighted by Gasteiger charge is 2.22. The molecule has 0 spiro atoms. The van der Waals surface area contributed by atoms with Gasteiger partial charge in [0.2, 0.25) is 5.95 Å². The molecule has 22 heavy (non-hydrogen) atoms. The van der Waals surface area contributed by atoms with Crippen LogP contribution in [0, 0.1) is 0 Å². The van der Waals surface area contributed by atoms with E-state index in [0.717, 1.165) is 25.9 Å². The van der Waals surface area contributed by atoms with Crippen molar-refractivity contribution in [1.82, 2.24) is 19.9 Å². The molecule has 7 heteroatoms. The van der Waals surface area contributed by atoms with Gasteiger partial charge in [-0.1, -0.05) is 0 Å². The van der Waals surface area contributed by atoms with E-state index >= 15 is 0 Å². The van der Waals surface area contributed by atoms with Gasteiger partial charge in [0.1, 0.15) is 0 Å². The normalized spacial score (nSPS) is 15.3. The predicted octanol–water partition coefficient (Wildman–Crippen LogP) is 2.23. The maximum atomic E-state index is 6.14. The first kappa shape index (κ1) is 14.6. The second-order valence-corrected chi connectivity index (χ2v) is 5.74. The van der Waals surface area contributed by atoms with Gasteiger partial charge in [-0.3, -0.25) is 0 Å². The molecule has 1 aliphatic rings. The fourth-order valence-electron chi connectivity index (χ4n) is 2.60. The minimum atomic E-state index is -0.0135. The molecule has 0 amide bonds. The number of nitrogens with one attached hydrogen (secondary N) is 1. The number of hydrogen-bond acceptors (Lipinski definition) is 6. The molecule has 7 nitrogen and oxygen atoms in total. The third-order valence-corrected chi connectivity index (χ3v) is 3.59. The number of nitrogen functional groups attached to an aromatic ring is 1. The number of anilines is 2. The lowest BCUT2D eigenvalue weighted by molar-refractivity contribution is 0.243. The van der Waals surface area contributed by atoms with E-state index in [1.807, 2.05) is 13.8 Å². The van der Waals surface area contributed by atoms with Gasteiger partial charge in [-0.2, -0.15) is 4.98 Å². The molecule has 3 heterocycles. The largest absolute Gasteiger partial charge is 0.485 e. The molecule has 0 saturated carbocycles. The number of nitrogens with zero attached hydrogens (tertiary/aromatic N) is 4. The Balaban J connectivity index is 2.04. The molecular weight excluding hydrogens is 280 g/mol. The van der Waals surface area contributed by atoms with E-state index in [4.69, 9.17) is 10.5 Å². The molecular formula is C15H22N6O. The van der Waals surface area contributed by atoms with Gasteiger partial charge in [-0.25, -0.2) is 9.97 Å². The maximum absolute atomic E-state index is 6.14. The van der Waals surface area contributed by atoms with Crippen LogP contribution in [-0.4, -0.2) is 39.1 Å². The van der Waals surface area contributed by atoms with Crippen LogP contribution in [0.4, 0.5) is 11.8 Å². The van der Waals surface area contributed by atoms with Crippen molar-refractivity contribution in [2.75, 3.05) is 23.7 Å². The summed E-state index contributed by atoms with van der Waals surface area (Å²) in [6.45, 7) is 5.82. The molecule has 1 fully saturated rings. The molecule has 2 aromatic heterocycles. The molecule has 0 aromatic carbocycles. The lowest BCUT2D eigenvalue weighted by Crippen LogP contribution is -2.31. The van der Waals surface area contributed by atoms with Crippen LogP contribution < -0.4 is 15.4 Å². The monoisotopic (exact) mass is 302 g/mol. The first-order valence-corrected chi connectivity index (χ1v) is 7.74. The Labute approximate surface area is 129 Å². The van der Waals surface area contributed by atoms with Crippen molar-refractivity contribution in [3.63, 3.8) is 0 Å². The minimum absolute atomic E-state index is 0.0135. The zero-order valence-corrected chi connectivity index (χ0v) is 13.0. The second kappa shape index (κ2) is 6.21. The first-order chi connectivity index (χ1) is 10.6. The van der Waals surface area contributed by atoms with Crippen LogP contribution in [0.25, 0.3) is 11.5 Å². The number of aromatic nitrogens is 4. The lowest BCUT2D eigenvalue weighted by Gasteiger charge is -2.27. The van der Waals surface area contributed by atoms with Crippen LogP contribution in [0.5, 0.6) is 5.75 Å². The van der Waals surface area contributed by atoms with Crippen LogP contribution in [0.2, 0.25) is 0 Å². The van der Waals surface area contributed by atoms with E-state index in [-0.39, 0.29) is 6.10 Å². The van der Waals surface area contributed by atoms with Gasteiger partial charge in [0.25, 0.3) is 0 Å². The van der Waals surface area contributed by atoms with E-state index in [9.17, 15) is 0 Å². The molecule has 118 valence electrons. The molecule has 1 aliphatic heterocycles. The lowest BCUT2D eigenvalue weighted by atomic mass is 10.1. The van der Waals surface area contributed by atoms with Crippen LogP contribution in [0.3, 0.4) is 0 Å². The predicted molar refractivity (Wildman–Crippen MR) is 85.9 cm³/mol. The van der Waals surface area contributed by atoms with Gasteiger partial charge < -0.3 is 20.4 Å². The average molecular weight is 302 g/mol. The second-order valence-electron chi connectivity index (χ2n) is 5.74. The van der Waals surface area contributed by atoms with Crippen molar-refractivity contribution < 1.29 is 4.74 Å². The summed E-state index contributed by atoms with van der Waals surface area (Å²) in [5.74, 6) is 2.14. The fraction of sp³-hybridized carbons (Fsp3) is 0.533. The summed E-state index contributed by atoms with van der Waals surface area (Å²) in [5.41, 5.74) is 6.76. The summed E-state index contributed by atoms with van der Waals surface area (Å²) in [5, 5.41) is 0. The van der Waals surface area contributed by atoms with E-state index < -0.39 is 0 Å². The highest BCUT2D eigenvalue weighted by atomic mass is 16.5. The number of nitrogens with two attached hydrogens (primary N) is 1. The molecule has 3 rings (SSSR count). The maximum Gasteiger partial charge on any atom is 0.228 e. The number of ether oxygens (including phenoxy) is 1. The summed E-state index contributed by atoms with van der Waals surface area (Å²) in [6, 6.07) is 0. The Bertz CT molecular complexity index is 619. The van der Waals surface area contributed by atoms with Gasteiger partial charge >= 0.3 is 0 Å². The summed E-state index contributed by atoms with van der Waals surface area (Å²) in [4.78, 5) is 18.6. The number of rotatable bonds is 4. The van der Waals surface area contributed by atoms with Gasteiger partial charge in [-0.15, -0.1) is 0 Å². The van der Waals surface area contributed by atoms with Crippen LogP contribution in [0.15, 0.2) is 12.4 Å². The van der Waals surface area contributed by atoms with Crippen molar-refractivity contribution in [3.05, 3.63) is 12.4 Å². The molecule has 1 saturated heterocycles. The van der Waals surface area contributed by atoms with Gasteiger partial charge in [0.15, 0.2) is 23.1 Å². The zero-order chi connectivity index (χ0) is 15.5. The Morgan fingerprint density at radius 2 is 2.00 bits per heavy atom. The molecule has 0 radical (unpaired) electrons. The molecule has 0 bridgehead atoms. The average Bonchev–Trinajstić information content (AvgIpc) is 3.04. The summed E-state index contributed by atoms with van der Waals surface area (Å²) < 4.78 is 5.81. The van der Waals surface area contributed by atoms with E-state index in [0.29, 0.717) is 29.0 Å². The summed E-state index contributed by atoms with van der Waals surface area (Å²) >= 11 is 0. The van der Waals surface area contributed by atoms with Crippen LogP contribution in [-0.2, 0) is 0 Å². The van der Waals surface area contributed by atoms with Crippen molar-refractivity contribution in [1.29, 1.82) is 0 Å². The van der Waals surface area contributed by atoms with Crippen molar-refractivity contribution in [2.45, 2.75) is 39.2 Å². The zero-order valence-electron chi connectivity index (χ0n) is 13.0. The standard InChI is InChI=1S/C15H22N6O/c1-10(2)22-12-11(14-17-6-7-18-14)19-15(20-13(12)16)21-8-4-3-5-9-21/h6-7,10H,3-5,8-9H2,1-2H3,(H,17,18)(H2,16,19,20). The van der Waals surface area contributed by atoms with Gasteiger partial charge in [-0.05, 0) is 33.1 Å². The summed E-state index contributed by atoms with van der Waals surface area (Å²) in [7, 11) is 0. The molecule has 0 atom stereocenters. The Morgan fingerprint density at radius 1 is 1.23 bits per heavy atom.